The Balaban J connectivity index is 2.95. The standard InChI is InChI=1S/C7H10ClN5O/c1-13(2-4(9)14)7-5(8)6(10)11-3-12-7/h3H,2H2,1H3,(H2,9,14)(H2,10,11,12). The summed E-state index contributed by atoms with van der Waals surface area (Å²) in [5, 5.41) is 0.219. The van der Waals surface area contributed by atoms with Crippen molar-refractivity contribution in [3.63, 3.8) is 0 Å². The minimum absolute atomic E-state index is 0.0240. The van der Waals surface area contributed by atoms with Gasteiger partial charge in [-0.25, -0.2) is 9.97 Å². The van der Waals surface area contributed by atoms with Crippen LogP contribution in [0.2, 0.25) is 5.02 Å². The Labute approximate surface area is 85.9 Å². The Morgan fingerprint density at radius 2 is 2.29 bits per heavy atom. The second-order valence-corrected chi connectivity index (χ2v) is 3.10. The van der Waals surface area contributed by atoms with Crippen LogP contribution in [0.5, 0.6) is 0 Å². The van der Waals surface area contributed by atoms with Crippen LogP contribution in [0.3, 0.4) is 0 Å². The fraction of sp³-hybridized carbons (Fsp3) is 0.286. The summed E-state index contributed by atoms with van der Waals surface area (Å²) in [5.41, 5.74) is 10.5. The van der Waals surface area contributed by atoms with E-state index in [1.165, 1.54) is 11.2 Å². The van der Waals surface area contributed by atoms with Crippen LogP contribution in [0.4, 0.5) is 11.6 Å². The van der Waals surface area contributed by atoms with Gasteiger partial charge in [0, 0.05) is 7.05 Å². The van der Waals surface area contributed by atoms with E-state index in [0.29, 0.717) is 5.82 Å². The van der Waals surface area contributed by atoms with E-state index < -0.39 is 5.91 Å². The van der Waals surface area contributed by atoms with Gasteiger partial charge in [0.05, 0.1) is 6.54 Å². The molecule has 0 aliphatic carbocycles. The summed E-state index contributed by atoms with van der Waals surface area (Å²) < 4.78 is 0. The van der Waals surface area contributed by atoms with Crippen LogP contribution >= 0.6 is 11.6 Å². The quantitative estimate of drug-likeness (QED) is 0.717. The van der Waals surface area contributed by atoms with Gasteiger partial charge >= 0.3 is 0 Å². The van der Waals surface area contributed by atoms with Crippen molar-refractivity contribution in [3.8, 4) is 0 Å². The Bertz CT molecular complexity index is 356. The molecule has 0 aliphatic heterocycles. The van der Waals surface area contributed by atoms with Gasteiger partial charge in [-0.15, -0.1) is 0 Å². The number of nitrogens with zero attached hydrogens (tertiary/aromatic N) is 3. The number of hydrogen-bond donors (Lipinski definition) is 2. The van der Waals surface area contributed by atoms with Crippen molar-refractivity contribution in [1.29, 1.82) is 0 Å². The van der Waals surface area contributed by atoms with E-state index in [1.54, 1.807) is 7.05 Å². The number of primary amides is 1. The zero-order valence-electron chi connectivity index (χ0n) is 7.57. The molecule has 0 bridgehead atoms. The van der Waals surface area contributed by atoms with Crippen LogP contribution in [0.15, 0.2) is 6.33 Å². The topological polar surface area (TPSA) is 98.1 Å². The second kappa shape index (κ2) is 4.10. The highest BCUT2D eigenvalue weighted by atomic mass is 35.5. The van der Waals surface area contributed by atoms with E-state index in [4.69, 9.17) is 23.1 Å². The lowest BCUT2D eigenvalue weighted by Gasteiger charge is -2.17. The van der Waals surface area contributed by atoms with Gasteiger partial charge in [-0.05, 0) is 0 Å². The first-order chi connectivity index (χ1) is 6.52. The molecule has 0 aromatic carbocycles. The minimum Gasteiger partial charge on any atom is -0.382 e. The van der Waals surface area contributed by atoms with Gasteiger partial charge in [-0.3, -0.25) is 4.79 Å². The van der Waals surface area contributed by atoms with Crippen molar-refractivity contribution in [2.45, 2.75) is 0 Å². The lowest BCUT2D eigenvalue weighted by atomic mass is 10.4. The molecule has 0 fully saturated rings. The first-order valence-corrected chi connectivity index (χ1v) is 4.15. The molecule has 1 aromatic rings. The number of carbonyl (C=O) groups excluding carboxylic acids is 1. The third-order valence-corrected chi connectivity index (χ3v) is 1.92. The maximum Gasteiger partial charge on any atom is 0.236 e. The van der Waals surface area contributed by atoms with Gasteiger partial charge in [-0.1, -0.05) is 11.6 Å². The fourth-order valence-electron chi connectivity index (χ4n) is 0.948. The van der Waals surface area contributed by atoms with Gasteiger partial charge < -0.3 is 16.4 Å². The predicted molar refractivity (Wildman–Crippen MR) is 53.9 cm³/mol. The second-order valence-electron chi connectivity index (χ2n) is 2.72. The van der Waals surface area contributed by atoms with E-state index >= 15 is 0 Å². The Morgan fingerprint density at radius 1 is 1.64 bits per heavy atom. The third-order valence-electron chi connectivity index (χ3n) is 1.55. The number of aromatic nitrogens is 2. The number of likely N-dealkylation sites (N-methyl/N-ethyl adjacent to an activating group) is 1. The molecule has 1 heterocycles. The van der Waals surface area contributed by atoms with Crippen molar-refractivity contribution >= 4 is 29.1 Å². The highest BCUT2D eigenvalue weighted by molar-refractivity contribution is 6.35. The number of nitrogens with two attached hydrogens (primary N) is 2. The first kappa shape index (κ1) is 10.5. The Hall–Kier alpha value is -1.56. The van der Waals surface area contributed by atoms with Crippen LogP contribution in [0.25, 0.3) is 0 Å². The molecule has 14 heavy (non-hydrogen) atoms. The molecule has 0 unspecified atom stereocenters. The van der Waals surface area contributed by atoms with Gasteiger partial charge in [-0.2, -0.15) is 0 Å². The highest BCUT2D eigenvalue weighted by Gasteiger charge is 2.12. The summed E-state index contributed by atoms with van der Waals surface area (Å²) in [6.07, 6.45) is 1.27. The zero-order valence-corrected chi connectivity index (χ0v) is 8.32. The SMILES string of the molecule is CN(CC(N)=O)c1ncnc(N)c1Cl. The van der Waals surface area contributed by atoms with E-state index in [2.05, 4.69) is 9.97 Å². The Morgan fingerprint density at radius 3 is 2.86 bits per heavy atom. The first-order valence-electron chi connectivity index (χ1n) is 3.77. The van der Waals surface area contributed by atoms with Crippen molar-refractivity contribution in [2.24, 2.45) is 5.73 Å². The number of amides is 1. The molecule has 0 saturated heterocycles. The van der Waals surface area contributed by atoms with Gasteiger partial charge in [0.1, 0.15) is 17.2 Å². The summed E-state index contributed by atoms with van der Waals surface area (Å²) in [7, 11) is 1.64. The Kier molecular flexibility index (Phi) is 3.08. The normalized spacial score (nSPS) is 9.86. The van der Waals surface area contributed by atoms with Crippen LogP contribution in [-0.2, 0) is 4.79 Å². The lowest BCUT2D eigenvalue weighted by molar-refractivity contribution is -0.116. The number of hydrogen-bond acceptors (Lipinski definition) is 5. The summed E-state index contributed by atoms with van der Waals surface area (Å²) in [4.78, 5) is 19.7. The summed E-state index contributed by atoms with van der Waals surface area (Å²) in [6.45, 7) is 0.0240. The average Bonchev–Trinajstić information content (AvgIpc) is 2.08. The zero-order chi connectivity index (χ0) is 10.7. The van der Waals surface area contributed by atoms with Crippen molar-refractivity contribution < 1.29 is 4.79 Å². The molecule has 76 valence electrons. The van der Waals surface area contributed by atoms with Gasteiger partial charge in [0.2, 0.25) is 5.91 Å². The fourth-order valence-corrected chi connectivity index (χ4v) is 1.19. The molecule has 0 radical (unpaired) electrons. The summed E-state index contributed by atoms with van der Waals surface area (Å²) >= 11 is 5.83. The summed E-state index contributed by atoms with van der Waals surface area (Å²) in [5.74, 6) is 0.0895. The van der Waals surface area contributed by atoms with Crippen molar-refractivity contribution in [1.82, 2.24) is 9.97 Å². The molecule has 0 spiro atoms. The molecule has 0 aliphatic rings. The average molecular weight is 216 g/mol. The molecule has 0 saturated carbocycles. The third kappa shape index (κ3) is 2.23. The van der Waals surface area contributed by atoms with Gasteiger partial charge in [0.25, 0.3) is 0 Å². The largest absolute Gasteiger partial charge is 0.382 e. The number of carbonyl (C=O) groups is 1. The molecule has 1 aromatic heterocycles. The molecule has 7 heteroatoms. The van der Waals surface area contributed by atoms with Crippen LogP contribution in [0.1, 0.15) is 0 Å². The van der Waals surface area contributed by atoms with Crippen LogP contribution in [0, 0.1) is 0 Å². The molecular formula is C7H10ClN5O. The van der Waals surface area contributed by atoms with Gasteiger partial charge in [0.15, 0.2) is 5.82 Å². The monoisotopic (exact) mass is 215 g/mol. The smallest absolute Gasteiger partial charge is 0.236 e. The molecule has 4 N–H and O–H groups in total. The molecule has 1 rings (SSSR count). The van der Waals surface area contributed by atoms with Crippen molar-refractivity contribution in [3.05, 3.63) is 11.3 Å². The number of rotatable bonds is 3. The maximum atomic E-state index is 10.6. The lowest BCUT2D eigenvalue weighted by Crippen LogP contribution is -2.31. The molecular weight excluding hydrogens is 206 g/mol. The van der Waals surface area contributed by atoms with Crippen molar-refractivity contribution in [2.75, 3.05) is 24.2 Å². The molecule has 1 amide bonds. The van der Waals surface area contributed by atoms with E-state index in [-0.39, 0.29) is 17.4 Å². The maximum absolute atomic E-state index is 10.6. The van der Waals surface area contributed by atoms with E-state index in [0.717, 1.165) is 0 Å². The minimum atomic E-state index is -0.472. The molecule has 0 atom stereocenters. The highest BCUT2D eigenvalue weighted by Crippen LogP contribution is 2.25. The number of halogens is 1. The van der Waals surface area contributed by atoms with E-state index in [1.807, 2.05) is 0 Å². The van der Waals surface area contributed by atoms with E-state index in [9.17, 15) is 4.79 Å². The molecule has 6 nitrogen and oxygen atoms in total. The van der Waals surface area contributed by atoms with Crippen LogP contribution in [-0.4, -0.2) is 29.5 Å². The number of nitrogen functional groups attached to an aromatic ring is 1. The predicted octanol–water partition coefficient (Wildman–Crippen LogP) is -0.366. The van der Waals surface area contributed by atoms with Crippen LogP contribution < -0.4 is 16.4 Å². The number of anilines is 2. The summed E-state index contributed by atoms with van der Waals surface area (Å²) in [6, 6.07) is 0.